The minimum atomic E-state index is -0.537. The van der Waals surface area contributed by atoms with Crippen molar-refractivity contribution >= 4 is 0 Å². The number of hydrogen-bond acceptors (Lipinski definition) is 8. The molecule has 0 radical (unpaired) electrons. The molecule has 0 spiro atoms. The summed E-state index contributed by atoms with van der Waals surface area (Å²) in [5.74, 6) is 2.15. The number of nitrogens with one attached hydrogen (secondary N) is 1. The third kappa shape index (κ3) is 3.94. The molecule has 3 N–H and O–H groups in total. The Bertz CT molecular complexity index is 1270. The van der Waals surface area contributed by atoms with Crippen LogP contribution in [0.2, 0.25) is 0 Å². The van der Waals surface area contributed by atoms with Gasteiger partial charge in [-0.25, -0.2) is 0 Å². The van der Waals surface area contributed by atoms with Gasteiger partial charge >= 0.3 is 0 Å². The quantitative estimate of drug-likeness (QED) is 0.512. The minimum absolute atomic E-state index is 0.00942. The molecule has 1 atom stereocenters. The summed E-state index contributed by atoms with van der Waals surface area (Å²) in [6, 6.07) is 13.3. The number of allylic oxidation sites excluding steroid dienone is 1. The van der Waals surface area contributed by atoms with Crippen LogP contribution in [0.4, 0.5) is 0 Å². The van der Waals surface area contributed by atoms with E-state index in [0.29, 0.717) is 53.3 Å². The Morgan fingerprint density at radius 1 is 1.00 bits per heavy atom. The molecule has 1 unspecified atom stereocenters. The van der Waals surface area contributed by atoms with E-state index in [4.69, 9.17) is 29.4 Å². The summed E-state index contributed by atoms with van der Waals surface area (Å²) in [7, 11) is 3.15. The van der Waals surface area contributed by atoms with Crippen molar-refractivity contribution in [3.05, 3.63) is 59.0 Å². The third-order valence-corrected chi connectivity index (χ3v) is 5.51. The maximum atomic E-state index is 9.97. The molecule has 4 rings (SSSR count). The number of aromatic nitrogens is 2. The van der Waals surface area contributed by atoms with E-state index in [2.05, 4.69) is 16.3 Å². The zero-order valence-corrected chi connectivity index (χ0v) is 19.5. The molecule has 0 saturated heterocycles. The highest BCUT2D eigenvalue weighted by molar-refractivity contribution is 5.73. The monoisotopic (exact) mass is 462 g/mol. The Morgan fingerprint density at radius 2 is 1.65 bits per heavy atom. The van der Waals surface area contributed by atoms with Gasteiger partial charge in [-0.15, -0.1) is 5.10 Å². The van der Waals surface area contributed by atoms with Gasteiger partial charge in [0.15, 0.2) is 23.0 Å². The summed E-state index contributed by atoms with van der Waals surface area (Å²) in [4.78, 5) is 0. The van der Waals surface area contributed by atoms with Crippen molar-refractivity contribution < 1.29 is 23.7 Å². The molecular formula is C25H26N4O5. The lowest BCUT2D eigenvalue weighted by atomic mass is 9.83. The summed E-state index contributed by atoms with van der Waals surface area (Å²) >= 11 is 0. The van der Waals surface area contributed by atoms with Gasteiger partial charge in [0.25, 0.3) is 0 Å². The van der Waals surface area contributed by atoms with E-state index in [1.807, 2.05) is 50.2 Å². The number of nitriles is 1. The maximum Gasteiger partial charge on any atom is 0.244 e. The van der Waals surface area contributed by atoms with Crippen LogP contribution in [-0.2, 0) is 0 Å². The second-order valence-corrected chi connectivity index (χ2v) is 7.38. The van der Waals surface area contributed by atoms with Crippen molar-refractivity contribution in [2.24, 2.45) is 5.73 Å². The zero-order chi connectivity index (χ0) is 24.2. The smallest absolute Gasteiger partial charge is 0.244 e. The molecule has 2 aromatic carbocycles. The number of rotatable bonds is 8. The highest BCUT2D eigenvalue weighted by Crippen LogP contribution is 2.47. The number of aromatic amines is 1. The van der Waals surface area contributed by atoms with Crippen molar-refractivity contribution in [1.29, 1.82) is 5.26 Å². The molecule has 9 heteroatoms. The van der Waals surface area contributed by atoms with Crippen molar-refractivity contribution in [3.8, 4) is 46.2 Å². The standard InChI is InChI=1S/C25H26N4O5/c1-5-32-17-9-7-14(11-19(17)30-3)21-16(13-26)24(27)34-25-22(21)23(28-29-25)15-8-10-18(33-6-2)20(12-15)31-4/h7-12,21H,5-6,27H2,1-4H3,(H,28,29). The van der Waals surface area contributed by atoms with Crippen LogP contribution in [0, 0.1) is 11.3 Å². The van der Waals surface area contributed by atoms with Gasteiger partial charge in [-0.2, -0.15) is 5.26 Å². The molecule has 176 valence electrons. The first-order valence-electron chi connectivity index (χ1n) is 10.8. The molecule has 0 saturated carbocycles. The van der Waals surface area contributed by atoms with Gasteiger partial charge < -0.3 is 29.4 Å². The van der Waals surface area contributed by atoms with Crippen LogP contribution >= 0.6 is 0 Å². The van der Waals surface area contributed by atoms with Crippen LogP contribution in [0.1, 0.15) is 30.9 Å². The highest BCUT2D eigenvalue weighted by Gasteiger charge is 2.36. The van der Waals surface area contributed by atoms with E-state index in [9.17, 15) is 5.26 Å². The number of nitrogens with two attached hydrogens (primary N) is 1. The molecule has 34 heavy (non-hydrogen) atoms. The van der Waals surface area contributed by atoms with Crippen molar-refractivity contribution in [1.82, 2.24) is 10.2 Å². The number of fused-ring (bicyclic) bond motifs is 1. The van der Waals surface area contributed by atoms with Crippen LogP contribution in [-0.4, -0.2) is 37.6 Å². The van der Waals surface area contributed by atoms with Crippen LogP contribution in [0.3, 0.4) is 0 Å². The summed E-state index contributed by atoms with van der Waals surface area (Å²) < 4.78 is 28.1. The van der Waals surface area contributed by atoms with Crippen molar-refractivity contribution in [2.45, 2.75) is 19.8 Å². The number of H-pyrrole nitrogens is 1. The second-order valence-electron chi connectivity index (χ2n) is 7.38. The zero-order valence-electron chi connectivity index (χ0n) is 19.5. The Morgan fingerprint density at radius 3 is 2.26 bits per heavy atom. The number of hydrogen-bond donors (Lipinski definition) is 2. The van der Waals surface area contributed by atoms with Crippen molar-refractivity contribution in [3.63, 3.8) is 0 Å². The van der Waals surface area contributed by atoms with E-state index in [-0.39, 0.29) is 11.5 Å². The molecule has 0 bridgehead atoms. The average Bonchev–Trinajstić information content (AvgIpc) is 3.27. The molecule has 1 aliphatic heterocycles. The molecular weight excluding hydrogens is 436 g/mol. The van der Waals surface area contributed by atoms with E-state index in [0.717, 1.165) is 11.1 Å². The first kappa shape index (κ1) is 22.9. The number of nitrogens with zero attached hydrogens (tertiary/aromatic N) is 2. The summed E-state index contributed by atoms with van der Waals surface area (Å²) in [5.41, 5.74) is 9.32. The first-order chi connectivity index (χ1) is 16.6. The SMILES string of the molecule is CCOc1ccc(-c2[nH]nc3c2C(c2ccc(OCC)c(OC)c2)C(C#N)=C(N)O3)cc1OC. The summed E-state index contributed by atoms with van der Waals surface area (Å²) in [6.45, 7) is 4.82. The number of benzene rings is 2. The highest BCUT2D eigenvalue weighted by atomic mass is 16.5. The Kier molecular flexibility index (Phi) is 6.50. The van der Waals surface area contributed by atoms with Gasteiger partial charge in [-0.3, -0.25) is 5.10 Å². The van der Waals surface area contributed by atoms with Gasteiger partial charge in [0.05, 0.1) is 44.6 Å². The fourth-order valence-electron chi connectivity index (χ4n) is 4.03. The fraction of sp³-hybridized carbons (Fsp3) is 0.280. The molecule has 0 aliphatic carbocycles. The Hall–Kier alpha value is -4.32. The minimum Gasteiger partial charge on any atom is -0.493 e. The van der Waals surface area contributed by atoms with Crippen LogP contribution < -0.4 is 29.4 Å². The molecule has 0 fully saturated rings. The number of methoxy groups -OCH3 is 2. The molecule has 1 aromatic heterocycles. The van der Waals surface area contributed by atoms with Gasteiger partial charge in [0.2, 0.25) is 11.8 Å². The van der Waals surface area contributed by atoms with Gasteiger partial charge in [-0.05, 0) is 49.7 Å². The first-order valence-corrected chi connectivity index (χ1v) is 10.8. The van der Waals surface area contributed by atoms with Crippen LogP contribution in [0.25, 0.3) is 11.3 Å². The fourth-order valence-corrected chi connectivity index (χ4v) is 4.03. The normalized spacial score (nSPS) is 14.6. The van der Waals surface area contributed by atoms with E-state index < -0.39 is 5.92 Å². The largest absolute Gasteiger partial charge is 0.493 e. The summed E-state index contributed by atoms with van der Waals surface area (Å²) in [6.07, 6.45) is 0. The van der Waals surface area contributed by atoms with Gasteiger partial charge in [0, 0.05) is 5.56 Å². The van der Waals surface area contributed by atoms with Gasteiger partial charge in [0.1, 0.15) is 11.6 Å². The van der Waals surface area contributed by atoms with E-state index in [1.54, 1.807) is 14.2 Å². The topological polar surface area (TPSA) is 125 Å². The lowest BCUT2D eigenvalue weighted by molar-refractivity contribution is 0.310. The molecule has 0 amide bonds. The molecule has 9 nitrogen and oxygen atoms in total. The molecule has 2 heterocycles. The van der Waals surface area contributed by atoms with Crippen LogP contribution in [0.15, 0.2) is 47.9 Å². The van der Waals surface area contributed by atoms with Crippen molar-refractivity contribution in [2.75, 3.05) is 27.4 Å². The van der Waals surface area contributed by atoms with Gasteiger partial charge in [-0.1, -0.05) is 6.07 Å². The lowest BCUT2D eigenvalue weighted by Gasteiger charge is -2.25. The lowest BCUT2D eigenvalue weighted by Crippen LogP contribution is -2.21. The Balaban J connectivity index is 1.88. The molecule has 1 aliphatic rings. The van der Waals surface area contributed by atoms with E-state index in [1.165, 1.54) is 0 Å². The number of ether oxygens (including phenoxy) is 5. The molecule has 3 aromatic rings. The summed E-state index contributed by atoms with van der Waals surface area (Å²) in [5, 5.41) is 17.3. The second kappa shape index (κ2) is 9.67. The van der Waals surface area contributed by atoms with Crippen LogP contribution in [0.5, 0.6) is 28.9 Å². The average molecular weight is 463 g/mol. The predicted molar refractivity (Wildman–Crippen MR) is 125 cm³/mol. The predicted octanol–water partition coefficient (Wildman–Crippen LogP) is 4.11. The van der Waals surface area contributed by atoms with E-state index >= 15 is 0 Å². The Labute approximate surface area is 197 Å². The maximum absolute atomic E-state index is 9.97. The third-order valence-electron chi connectivity index (χ3n) is 5.51.